The molecule has 1 spiro atoms. The number of allylic oxidation sites excluding steroid dienone is 4. The zero-order valence-corrected chi connectivity index (χ0v) is 10.6. The fourth-order valence-corrected chi connectivity index (χ4v) is 3.22. The highest BCUT2D eigenvalue weighted by Crippen LogP contribution is 2.50. The maximum Gasteiger partial charge on any atom is -0.00182 e. The molecule has 0 heteroatoms. The van der Waals surface area contributed by atoms with Crippen LogP contribution in [0.15, 0.2) is 23.3 Å². The molecule has 0 bridgehead atoms. The normalized spacial score (nSPS) is 35.9. The monoisotopic (exact) mass is 204 g/mol. The van der Waals surface area contributed by atoms with Gasteiger partial charge in [-0.25, -0.2) is 0 Å². The zero-order chi connectivity index (χ0) is 11.1. The third-order valence-corrected chi connectivity index (χ3v) is 4.50. The summed E-state index contributed by atoms with van der Waals surface area (Å²) < 4.78 is 0. The first-order chi connectivity index (χ1) is 7.03. The van der Waals surface area contributed by atoms with Crippen molar-refractivity contribution < 1.29 is 0 Å². The molecule has 0 fully saturated rings. The van der Waals surface area contributed by atoms with Gasteiger partial charge < -0.3 is 0 Å². The molecule has 0 nitrogen and oxygen atoms in total. The molecular formula is C15H24. The van der Waals surface area contributed by atoms with Crippen molar-refractivity contribution in [2.75, 3.05) is 0 Å². The van der Waals surface area contributed by atoms with E-state index in [-0.39, 0.29) is 0 Å². The maximum absolute atomic E-state index is 2.64. The van der Waals surface area contributed by atoms with Gasteiger partial charge in [-0.3, -0.25) is 0 Å². The van der Waals surface area contributed by atoms with Gasteiger partial charge in [-0.05, 0) is 49.9 Å². The van der Waals surface area contributed by atoms with E-state index in [9.17, 15) is 0 Å². The van der Waals surface area contributed by atoms with Crippen LogP contribution in [-0.4, -0.2) is 0 Å². The van der Waals surface area contributed by atoms with Crippen molar-refractivity contribution in [3.8, 4) is 0 Å². The Labute approximate surface area is 94.5 Å². The highest BCUT2D eigenvalue weighted by molar-refractivity contribution is 5.25. The Morgan fingerprint density at radius 1 is 1.40 bits per heavy atom. The molecule has 0 saturated carbocycles. The molecule has 0 radical (unpaired) electrons. The SMILES string of the molecule is CC1=CC[C@]2(C=C(C(C)C)CC[C@@H]2C)C1. The molecule has 0 N–H and O–H groups in total. The average Bonchev–Trinajstić information content (AvgIpc) is 2.53. The second kappa shape index (κ2) is 3.81. The predicted octanol–water partition coefficient (Wildman–Crippen LogP) is 4.73. The number of rotatable bonds is 1. The molecule has 0 aromatic carbocycles. The molecule has 0 aromatic rings. The Morgan fingerprint density at radius 3 is 2.67 bits per heavy atom. The van der Waals surface area contributed by atoms with Crippen molar-refractivity contribution in [2.45, 2.75) is 53.4 Å². The lowest BCUT2D eigenvalue weighted by Gasteiger charge is -2.39. The van der Waals surface area contributed by atoms with Crippen molar-refractivity contribution in [2.24, 2.45) is 17.3 Å². The first kappa shape index (κ1) is 11.0. The number of hydrogen-bond acceptors (Lipinski definition) is 0. The van der Waals surface area contributed by atoms with E-state index in [1.165, 1.54) is 25.7 Å². The van der Waals surface area contributed by atoms with Crippen molar-refractivity contribution in [3.05, 3.63) is 23.3 Å². The van der Waals surface area contributed by atoms with Crippen LogP contribution in [0.5, 0.6) is 0 Å². The molecule has 2 aliphatic rings. The lowest BCUT2D eigenvalue weighted by atomic mass is 9.66. The summed E-state index contributed by atoms with van der Waals surface area (Å²) >= 11 is 0. The van der Waals surface area contributed by atoms with Gasteiger partial charge in [-0.1, -0.05) is 44.1 Å². The molecule has 0 aromatic heterocycles. The fourth-order valence-electron chi connectivity index (χ4n) is 3.22. The Bertz CT molecular complexity index is 306. The minimum atomic E-state index is 0.502. The molecule has 2 rings (SSSR count). The Morgan fingerprint density at radius 2 is 2.13 bits per heavy atom. The topological polar surface area (TPSA) is 0 Å². The van der Waals surface area contributed by atoms with E-state index in [1.807, 2.05) is 0 Å². The van der Waals surface area contributed by atoms with Gasteiger partial charge in [0.2, 0.25) is 0 Å². The fraction of sp³-hybridized carbons (Fsp3) is 0.733. The summed E-state index contributed by atoms with van der Waals surface area (Å²) in [6, 6.07) is 0. The quantitative estimate of drug-likeness (QED) is 0.542. The van der Waals surface area contributed by atoms with E-state index < -0.39 is 0 Å². The minimum absolute atomic E-state index is 0.502. The van der Waals surface area contributed by atoms with Crippen LogP contribution in [0.1, 0.15) is 53.4 Å². The van der Waals surface area contributed by atoms with Gasteiger partial charge in [0.15, 0.2) is 0 Å². The van der Waals surface area contributed by atoms with E-state index >= 15 is 0 Å². The van der Waals surface area contributed by atoms with E-state index in [2.05, 4.69) is 39.8 Å². The molecule has 0 heterocycles. The lowest BCUT2D eigenvalue weighted by Crippen LogP contribution is -2.28. The summed E-state index contributed by atoms with van der Waals surface area (Å²) in [6.45, 7) is 9.41. The Kier molecular flexibility index (Phi) is 2.79. The molecule has 2 atom stereocenters. The largest absolute Gasteiger partial charge is 0.0847 e. The summed E-state index contributed by atoms with van der Waals surface area (Å²) in [5.41, 5.74) is 3.81. The second-order valence-corrected chi connectivity index (χ2v) is 5.98. The Hall–Kier alpha value is -0.520. The van der Waals surface area contributed by atoms with E-state index in [0.29, 0.717) is 5.41 Å². The third-order valence-electron chi connectivity index (χ3n) is 4.50. The molecular weight excluding hydrogens is 180 g/mol. The third kappa shape index (κ3) is 1.91. The number of hydrogen-bond donors (Lipinski definition) is 0. The van der Waals surface area contributed by atoms with E-state index in [1.54, 1.807) is 11.1 Å². The van der Waals surface area contributed by atoms with Crippen LogP contribution in [0.25, 0.3) is 0 Å². The van der Waals surface area contributed by atoms with Gasteiger partial charge >= 0.3 is 0 Å². The van der Waals surface area contributed by atoms with Crippen LogP contribution >= 0.6 is 0 Å². The zero-order valence-electron chi connectivity index (χ0n) is 10.6. The van der Waals surface area contributed by atoms with Crippen molar-refractivity contribution >= 4 is 0 Å². The molecule has 84 valence electrons. The summed E-state index contributed by atoms with van der Waals surface area (Å²) in [4.78, 5) is 0. The first-order valence-electron chi connectivity index (χ1n) is 6.41. The molecule has 0 unspecified atom stereocenters. The molecule has 0 saturated heterocycles. The Balaban J connectivity index is 2.26. The van der Waals surface area contributed by atoms with Gasteiger partial charge in [0.25, 0.3) is 0 Å². The average molecular weight is 204 g/mol. The van der Waals surface area contributed by atoms with Gasteiger partial charge in [0.1, 0.15) is 0 Å². The van der Waals surface area contributed by atoms with Crippen LogP contribution in [0.2, 0.25) is 0 Å². The van der Waals surface area contributed by atoms with E-state index in [0.717, 1.165) is 11.8 Å². The second-order valence-electron chi connectivity index (χ2n) is 5.98. The van der Waals surface area contributed by atoms with E-state index in [4.69, 9.17) is 0 Å². The molecule has 0 amide bonds. The summed E-state index contributed by atoms with van der Waals surface area (Å²) in [6.07, 6.45) is 10.4. The lowest BCUT2D eigenvalue weighted by molar-refractivity contribution is 0.226. The highest BCUT2D eigenvalue weighted by Gasteiger charge is 2.39. The van der Waals surface area contributed by atoms with Crippen LogP contribution in [0.4, 0.5) is 0 Å². The minimum Gasteiger partial charge on any atom is -0.0847 e. The smallest absolute Gasteiger partial charge is 0.00182 e. The molecule has 2 aliphatic carbocycles. The highest BCUT2D eigenvalue weighted by atomic mass is 14.4. The van der Waals surface area contributed by atoms with Crippen molar-refractivity contribution in [3.63, 3.8) is 0 Å². The summed E-state index contributed by atoms with van der Waals surface area (Å²) in [7, 11) is 0. The maximum atomic E-state index is 2.64. The van der Waals surface area contributed by atoms with Crippen LogP contribution in [0, 0.1) is 17.3 Å². The predicted molar refractivity (Wildman–Crippen MR) is 66.7 cm³/mol. The van der Waals surface area contributed by atoms with Gasteiger partial charge in [-0.2, -0.15) is 0 Å². The van der Waals surface area contributed by atoms with Crippen LogP contribution in [0.3, 0.4) is 0 Å². The molecule has 0 aliphatic heterocycles. The molecule has 15 heavy (non-hydrogen) atoms. The van der Waals surface area contributed by atoms with Gasteiger partial charge in [-0.15, -0.1) is 0 Å². The van der Waals surface area contributed by atoms with Gasteiger partial charge in [0, 0.05) is 0 Å². The summed E-state index contributed by atoms with van der Waals surface area (Å²) in [5.74, 6) is 1.61. The van der Waals surface area contributed by atoms with Crippen LogP contribution < -0.4 is 0 Å². The van der Waals surface area contributed by atoms with Crippen molar-refractivity contribution in [1.82, 2.24) is 0 Å². The van der Waals surface area contributed by atoms with Gasteiger partial charge in [0.05, 0.1) is 0 Å². The standard InChI is InChI=1S/C15H24/c1-11(2)14-6-5-13(4)15(10-14)8-7-12(3)9-15/h7,10-11,13H,5-6,8-9H2,1-4H3/t13-,15+/m0/s1. The van der Waals surface area contributed by atoms with Crippen molar-refractivity contribution in [1.29, 1.82) is 0 Å². The van der Waals surface area contributed by atoms with Crippen LogP contribution in [-0.2, 0) is 0 Å². The summed E-state index contributed by atoms with van der Waals surface area (Å²) in [5, 5.41) is 0. The first-order valence-corrected chi connectivity index (χ1v) is 6.41.